The minimum absolute atomic E-state index is 0.138. The van der Waals surface area contributed by atoms with Gasteiger partial charge in [-0.1, -0.05) is 0 Å². The third-order valence-corrected chi connectivity index (χ3v) is 2.61. The smallest absolute Gasteiger partial charge is 0.224 e. The Hall–Kier alpha value is -2.34. The topological polar surface area (TPSA) is 76.1 Å². The number of amides is 1. The van der Waals surface area contributed by atoms with Crippen LogP contribution in [0.15, 0.2) is 30.5 Å². The third-order valence-electron chi connectivity index (χ3n) is 2.43. The Morgan fingerprint density at radius 2 is 2.10 bits per heavy atom. The number of rotatable bonds is 4. The Kier molecular flexibility index (Phi) is 4.37. The van der Waals surface area contributed by atoms with Crippen molar-refractivity contribution in [2.45, 2.75) is 6.92 Å². The van der Waals surface area contributed by atoms with Crippen molar-refractivity contribution in [2.75, 3.05) is 17.7 Å². The van der Waals surface area contributed by atoms with Gasteiger partial charge in [0.2, 0.25) is 11.2 Å². The van der Waals surface area contributed by atoms with Crippen LogP contribution in [0.5, 0.6) is 5.75 Å². The molecule has 0 unspecified atom stereocenters. The molecule has 1 aromatic carbocycles. The summed E-state index contributed by atoms with van der Waals surface area (Å²) in [5.41, 5.74) is 1.27. The molecule has 0 saturated heterocycles. The summed E-state index contributed by atoms with van der Waals surface area (Å²) < 4.78 is 5.16. The molecule has 1 aromatic heterocycles. The van der Waals surface area contributed by atoms with E-state index in [9.17, 15) is 4.79 Å². The van der Waals surface area contributed by atoms with Crippen molar-refractivity contribution < 1.29 is 9.53 Å². The molecule has 6 nitrogen and oxygen atoms in total. The average molecular weight is 293 g/mol. The number of methoxy groups -OCH3 is 1. The molecule has 104 valence electrons. The van der Waals surface area contributed by atoms with Crippen molar-refractivity contribution in [1.82, 2.24) is 9.97 Å². The van der Waals surface area contributed by atoms with Gasteiger partial charge in [-0.3, -0.25) is 4.79 Å². The van der Waals surface area contributed by atoms with Crippen LogP contribution in [0, 0.1) is 0 Å². The molecule has 0 bridgehead atoms. The Morgan fingerprint density at radius 3 is 2.75 bits per heavy atom. The molecular formula is C13H13ClN4O2. The van der Waals surface area contributed by atoms with Crippen LogP contribution in [0.2, 0.25) is 5.28 Å². The van der Waals surface area contributed by atoms with Gasteiger partial charge in [0.05, 0.1) is 18.5 Å². The number of hydrogen-bond donors (Lipinski definition) is 2. The quantitative estimate of drug-likeness (QED) is 0.848. The van der Waals surface area contributed by atoms with Gasteiger partial charge in [0.15, 0.2) is 0 Å². The second-order valence-electron chi connectivity index (χ2n) is 3.93. The van der Waals surface area contributed by atoms with E-state index in [2.05, 4.69) is 20.6 Å². The number of benzene rings is 1. The fraction of sp³-hybridized carbons (Fsp3) is 0.154. The molecular weight excluding hydrogens is 280 g/mol. The summed E-state index contributed by atoms with van der Waals surface area (Å²) in [7, 11) is 1.57. The maximum atomic E-state index is 11.2. The highest BCUT2D eigenvalue weighted by atomic mass is 35.5. The summed E-state index contributed by atoms with van der Waals surface area (Å²) in [5.74, 6) is 1.01. The molecule has 2 N–H and O–H groups in total. The molecule has 0 aliphatic carbocycles. The van der Waals surface area contributed by atoms with E-state index >= 15 is 0 Å². The van der Waals surface area contributed by atoms with Crippen LogP contribution in [0.4, 0.5) is 17.2 Å². The monoisotopic (exact) mass is 292 g/mol. The van der Waals surface area contributed by atoms with Crippen molar-refractivity contribution in [3.8, 4) is 5.75 Å². The second-order valence-corrected chi connectivity index (χ2v) is 4.27. The third kappa shape index (κ3) is 3.58. The Balaban J connectivity index is 2.34. The number of halogens is 1. The minimum Gasteiger partial charge on any atom is -0.497 e. The van der Waals surface area contributed by atoms with Gasteiger partial charge in [-0.25, -0.2) is 9.97 Å². The van der Waals surface area contributed by atoms with E-state index in [0.29, 0.717) is 22.9 Å². The van der Waals surface area contributed by atoms with Crippen LogP contribution < -0.4 is 15.4 Å². The van der Waals surface area contributed by atoms with Crippen LogP contribution in [0.3, 0.4) is 0 Å². The maximum Gasteiger partial charge on any atom is 0.224 e. The lowest BCUT2D eigenvalue weighted by atomic mass is 10.2. The highest BCUT2D eigenvalue weighted by Gasteiger charge is 2.07. The predicted molar refractivity (Wildman–Crippen MR) is 77.6 cm³/mol. The van der Waals surface area contributed by atoms with Crippen molar-refractivity contribution >= 4 is 34.7 Å². The molecule has 2 rings (SSSR count). The van der Waals surface area contributed by atoms with E-state index in [4.69, 9.17) is 16.3 Å². The van der Waals surface area contributed by atoms with E-state index in [1.165, 1.54) is 13.1 Å². The number of nitrogens with one attached hydrogen (secondary N) is 2. The molecule has 0 spiro atoms. The molecule has 2 aromatic rings. The highest BCUT2D eigenvalue weighted by molar-refractivity contribution is 6.28. The van der Waals surface area contributed by atoms with Crippen molar-refractivity contribution in [3.63, 3.8) is 0 Å². The van der Waals surface area contributed by atoms with E-state index in [1.807, 2.05) is 0 Å². The van der Waals surface area contributed by atoms with Crippen molar-refractivity contribution in [1.29, 1.82) is 0 Å². The van der Waals surface area contributed by atoms with E-state index in [1.54, 1.807) is 31.4 Å². The van der Waals surface area contributed by atoms with Crippen molar-refractivity contribution in [3.05, 3.63) is 35.7 Å². The predicted octanol–water partition coefficient (Wildman–Crippen LogP) is 2.84. The van der Waals surface area contributed by atoms with Gasteiger partial charge in [-0.15, -0.1) is 0 Å². The van der Waals surface area contributed by atoms with E-state index < -0.39 is 0 Å². The molecule has 0 atom stereocenters. The summed E-state index contributed by atoms with van der Waals surface area (Å²) >= 11 is 5.74. The fourth-order valence-corrected chi connectivity index (χ4v) is 1.74. The number of carbonyl (C=O) groups excluding carboxylic acids is 1. The summed E-state index contributed by atoms with van der Waals surface area (Å²) in [6.07, 6.45) is 1.54. The molecule has 20 heavy (non-hydrogen) atoms. The molecule has 7 heteroatoms. The van der Waals surface area contributed by atoms with E-state index in [-0.39, 0.29) is 11.2 Å². The lowest BCUT2D eigenvalue weighted by molar-refractivity contribution is -0.114. The number of ether oxygens (including phenoxy) is 1. The molecule has 0 saturated carbocycles. The summed E-state index contributed by atoms with van der Waals surface area (Å²) in [4.78, 5) is 19.0. The normalized spacial score (nSPS) is 9.95. The van der Waals surface area contributed by atoms with Gasteiger partial charge in [-0.05, 0) is 29.8 Å². The molecule has 0 aliphatic rings. The lowest BCUT2D eigenvalue weighted by Gasteiger charge is -2.13. The first-order valence-electron chi connectivity index (χ1n) is 5.79. The zero-order chi connectivity index (χ0) is 14.5. The summed E-state index contributed by atoms with van der Waals surface area (Å²) in [6.45, 7) is 1.44. The van der Waals surface area contributed by atoms with Crippen LogP contribution in [0.25, 0.3) is 0 Å². The Bertz CT molecular complexity index is 634. The highest BCUT2D eigenvalue weighted by Crippen LogP contribution is 2.29. The van der Waals surface area contributed by atoms with Gasteiger partial charge in [0.1, 0.15) is 11.6 Å². The summed E-state index contributed by atoms with van der Waals surface area (Å²) in [5, 5.41) is 5.93. The number of hydrogen-bond acceptors (Lipinski definition) is 5. The van der Waals surface area contributed by atoms with Crippen LogP contribution in [-0.4, -0.2) is 23.0 Å². The standard InChI is InChI=1S/C13H13ClN4O2/c1-8(19)16-10-4-3-9(20-2)7-11(10)17-12-5-6-15-13(14)18-12/h3-7H,1-2H3,(H,16,19)(H,15,17,18). The van der Waals surface area contributed by atoms with Crippen LogP contribution in [0.1, 0.15) is 6.92 Å². The number of carbonyl (C=O) groups is 1. The lowest BCUT2D eigenvalue weighted by Crippen LogP contribution is -2.08. The average Bonchev–Trinajstić information content (AvgIpc) is 2.40. The Morgan fingerprint density at radius 1 is 1.30 bits per heavy atom. The first-order chi connectivity index (χ1) is 9.58. The van der Waals surface area contributed by atoms with Gasteiger partial charge in [-0.2, -0.15) is 0 Å². The van der Waals surface area contributed by atoms with Crippen LogP contribution in [-0.2, 0) is 4.79 Å². The number of anilines is 3. The van der Waals surface area contributed by atoms with Gasteiger partial charge >= 0.3 is 0 Å². The zero-order valence-corrected chi connectivity index (χ0v) is 11.7. The first kappa shape index (κ1) is 14.1. The van der Waals surface area contributed by atoms with Gasteiger partial charge < -0.3 is 15.4 Å². The van der Waals surface area contributed by atoms with Crippen LogP contribution >= 0.6 is 11.6 Å². The SMILES string of the molecule is COc1ccc(NC(C)=O)c(Nc2ccnc(Cl)n2)c1. The van der Waals surface area contributed by atoms with E-state index in [0.717, 1.165) is 0 Å². The first-order valence-corrected chi connectivity index (χ1v) is 6.17. The molecule has 0 fully saturated rings. The summed E-state index contributed by atoms with van der Waals surface area (Å²) in [6, 6.07) is 6.92. The van der Waals surface area contributed by atoms with Gasteiger partial charge in [0, 0.05) is 19.2 Å². The maximum absolute atomic E-state index is 11.2. The molecule has 0 aliphatic heterocycles. The second kappa shape index (κ2) is 6.21. The molecule has 0 radical (unpaired) electrons. The zero-order valence-electron chi connectivity index (χ0n) is 11.0. The minimum atomic E-state index is -0.168. The largest absolute Gasteiger partial charge is 0.497 e. The number of aromatic nitrogens is 2. The van der Waals surface area contributed by atoms with Gasteiger partial charge in [0.25, 0.3) is 0 Å². The molecule has 1 heterocycles. The fourth-order valence-electron chi connectivity index (χ4n) is 1.59. The Labute approximate surface area is 121 Å². The number of nitrogens with zero attached hydrogens (tertiary/aromatic N) is 2. The molecule has 1 amide bonds. The van der Waals surface area contributed by atoms with Crippen molar-refractivity contribution in [2.24, 2.45) is 0 Å².